The number of nitrogens with zero attached hydrogens (tertiary/aromatic N) is 1. The molecule has 1 heterocycles. The number of aromatic nitrogens is 1. The van der Waals surface area contributed by atoms with E-state index in [4.69, 9.17) is 29.6 Å². The molecule has 0 atom stereocenters. The lowest BCUT2D eigenvalue weighted by Crippen LogP contribution is -2.26. The molecule has 68 valence electrons. The zero-order chi connectivity index (χ0) is 9.47. The summed E-state index contributed by atoms with van der Waals surface area (Å²) in [5.41, 5.74) is 6.50. The highest BCUT2D eigenvalue weighted by Gasteiger charge is 2.48. The molecule has 0 spiro atoms. The summed E-state index contributed by atoms with van der Waals surface area (Å²) >= 11 is 11.0. The molecule has 0 aliphatic heterocycles. The molecular formula is C9H9ClN2S. The van der Waals surface area contributed by atoms with E-state index >= 15 is 0 Å². The summed E-state index contributed by atoms with van der Waals surface area (Å²) in [6, 6.07) is 3.81. The van der Waals surface area contributed by atoms with Crippen LogP contribution in [0.25, 0.3) is 0 Å². The molecule has 4 heteroatoms. The van der Waals surface area contributed by atoms with Gasteiger partial charge in [-0.25, -0.2) is 4.98 Å². The number of nitrogens with two attached hydrogens (primary N) is 1. The topological polar surface area (TPSA) is 38.9 Å². The molecule has 2 N–H and O–H groups in total. The molecule has 13 heavy (non-hydrogen) atoms. The van der Waals surface area contributed by atoms with Crippen LogP contribution in [0.2, 0.25) is 5.15 Å². The van der Waals surface area contributed by atoms with Gasteiger partial charge in [-0.05, 0) is 18.9 Å². The molecule has 0 radical (unpaired) electrons. The van der Waals surface area contributed by atoms with Crippen LogP contribution >= 0.6 is 23.8 Å². The maximum atomic E-state index is 5.97. The van der Waals surface area contributed by atoms with Gasteiger partial charge >= 0.3 is 0 Å². The van der Waals surface area contributed by atoms with E-state index in [1.807, 2.05) is 12.1 Å². The zero-order valence-electron chi connectivity index (χ0n) is 6.96. The Hall–Kier alpha value is -0.670. The van der Waals surface area contributed by atoms with E-state index in [1.54, 1.807) is 6.20 Å². The van der Waals surface area contributed by atoms with E-state index < -0.39 is 0 Å². The Labute approximate surface area is 87.1 Å². The summed E-state index contributed by atoms with van der Waals surface area (Å²) in [6.07, 6.45) is 3.66. The summed E-state index contributed by atoms with van der Waals surface area (Å²) in [5.74, 6) is 0. The van der Waals surface area contributed by atoms with Crippen LogP contribution < -0.4 is 5.73 Å². The molecule has 0 unspecified atom stereocenters. The van der Waals surface area contributed by atoms with Crippen molar-refractivity contribution in [2.24, 2.45) is 5.73 Å². The molecule has 1 fully saturated rings. The van der Waals surface area contributed by atoms with Crippen LogP contribution in [0.5, 0.6) is 0 Å². The van der Waals surface area contributed by atoms with Gasteiger partial charge in [0.25, 0.3) is 0 Å². The molecule has 1 aliphatic rings. The van der Waals surface area contributed by atoms with Gasteiger partial charge in [-0.2, -0.15) is 0 Å². The molecular weight excluding hydrogens is 204 g/mol. The van der Waals surface area contributed by atoms with Crippen molar-refractivity contribution in [2.45, 2.75) is 18.3 Å². The van der Waals surface area contributed by atoms with Crippen LogP contribution in [0.3, 0.4) is 0 Å². The van der Waals surface area contributed by atoms with Crippen LogP contribution in [0, 0.1) is 0 Å². The summed E-state index contributed by atoms with van der Waals surface area (Å²) in [4.78, 5) is 4.55. The van der Waals surface area contributed by atoms with Crippen LogP contribution in [0.1, 0.15) is 18.4 Å². The summed E-state index contributed by atoms with van der Waals surface area (Å²) < 4.78 is 0. The van der Waals surface area contributed by atoms with Gasteiger partial charge in [-0.1, -0.05) is 29.9 Å². The second-order valence-corrected chi connectivity index (χ2v) is 4.09. The molecule has 2 rings (SSSR count). The van der Waals surface area contributed by atoms with Crippen LogP contribution in [0.15, 0.2) is 18.3 Å². The first-order valence-corrected chi connectivity index (χ1v) is 4.86. The lowest BCUT2D eigenvalue weighted by atomic mass is 9.98. The second kappa shape index (κ2) is 2.93. The second-order valence-electron chi connectivity index (χ2n) is 3.29. The third-order valence-corrected chi connectivity index (χ3v) is 3.19. The van der Waals surface area contributed by atoms with Crippen LogP contribution in [-0.2, 0) is 5.41 Å². The molecule has 2 nitrogen and oxygen atoms in total. The van der Waals surface area contributed by atoms with Crippen LogP contribution in [-0.4, -0.2) is 9.97 Å². The first-order valence-electron chi connectivity index (χ1n) is 4.08. The van der Waals surface area contributed by atoms with E-state index in [-0.39, 0.29) is 5.41 Å². The van der Waals surface area contributed by atoms with Crippen molar-refractivity contribution < 1.29 is 0 Å². The van der Waals surface area contributed by atoms with E-state index in [9.17, 15) is 0 Å². The summed E-state index contributed by atoms with van der Waals surface area (Å²) in [5, 5.41) is 0.521. The fourth-order valence-electron chi connectivity index (χ4n) is 1.52. The van der Waals surface area contributed by atoms with Gasteiger partial charge in [0.2, 0.25) is 0 Å². The first kappa shape index (κ1) is 8.91. The SMILES string of the molecule is NC(=S)C1(c2cccnc2Cl)CC1. The number of hydrogen-bond acceptors (Lipinski definition) is 2. The molecule has 0 aromatic carbocycles. The first-order chi connectivity index (χ1) is 6.17. The highest BCUT2D eigenvalue weighted by atomic mass is 35.5. The molecule has 1 saturated carbocycles. The zero-order valence-corrected chi connectivity index (χ0v) is 8.53. The van der Waals surface area contributed by atoms with Crippen molar-refractivity contribution in [3.8, 4) is 0 Å². The molecule has 1 aromatic heterocycles. The largest absolute Gasteiger partial charge is 0.393 e. The Morgan fingerprint density at radius 1 is 1.62 bits per heavy atom. The smallest absolute Gasteiger partial charge is 0.133 e. The van der Waals surface area contributed by atoms with Gasteiger partial charge in [-0.3, -0.25) is 0 Å². The van der Waals surface area contributed by atoms with Gasteiger partial charge < -0.3 is 5.73 Å². The van der Waals surface area contributed by atoms with Crippen molar-refractivity contribution in [3.05, 3.63) is 29.0 Å². The Morgan fingerprint density at radius 2 is 2.31 bits per heavy atom. The molecule has 0 saturated heterocycles. The fourth-order valence-corrected chi connectivity index (χ4v) is 2.13. The minimum Gasteiger partial charge on any atom is -0.393 e. The average Bonchev–Trinajstić information content (AvgIpc) is 2.85. The lowest BCUT2D eigenvalue weighted by Gasteiger charge is -2.14. The number of pyridine rings is 1. The third-order valence-electron chi connectivity index (χ3n) is 2.50. The predicted octanol–water partition coefficient (Wildman–Crippen LogP) is 2.05. The highest BCUT2D eigenvalue weighted by molar-refractivity contribution is 7.80. The number of thiocarbonyl (C=S) groups is 1. The Kier molecular flexibility index (Phi) is 2.00. The number of halogens is 1. The number of hydrogen-bond donors (Lipinski definition) is 1. The maximum absolute atomic E-state index is 5.97. The Morgan fingerprint density at radius 3 is 2.77 bits per heavy atom. The minimum absolute atomic E-state index is 0.152. The van der Waals surface area contributed by atoms with Crippen molar-refractivity contribution in [3.63, 3.8) is 0 Å². The van der Waals surface area contributed by atoms with Crippen molar-refractivity contribution >= 4 is 28.8 Å². The molecule has 0 amide bonds. The van der Waals surface area contributed by atoms with Crippen molar-refractivity contribution in [2.75, 3.05) is 0 Å². The molecule has 0 bridgehead atoms. The van der Waals surface area contributed by atoms with Gasteiger partial charge in [0, 0.05) is 17.2 Å². The van der Waals surface area contributed by atoms with Crippen molar-refractivity contribution in [1.29, 1.82) is 0 Å². The predicted molar refractivity (Wildman–Crippen MR) is 56.9 cm³/mol. The third kappa shape index (κ3) is 1.32. The monoisotopic (exact) mass is 212 g/mol. The molecule has 1 aromatic rings. The van der Waals surface area contributed by atoms with Gasteiger partial charge in [-0.15, -0.1) is 0 Å². The maximum Gasteiger partial charge on any atom is 0.133 e. The fraction of sp³-hybridized carbons (Fsp3) is 0.333. The molecule has 1 aliphatic carbocycles. The minimum atomic E-state index is -0.152. The standard InChI is InChI=1S/C9H9ClN2S/c10-7-6(2-1-5-12-7)9(3-4-9)8(11)13/h1-2,5H,3-4H2,(H2,11,13). The normalized spacial score (nSPS) is 18.2. The van der Waals surface area contributed by atoms with Crippen molar-refractivity contribution in [1.82, 2.24) is 4.98 Å². The average molecular weight is 213 g/mol. The Bertz CT molecular complexity index is 360. The van der Waals surface area contributed by atoms with E-state index in [2.05, 4.69) is 4.98 Å². The quantitative estimate of drug-likeness (QED) is 0.603. The lowest BCUT2D eigenvalue weighted by molar-refractivity contribution is 0.940. The van der Waals surface area contributed by atoms with Gasteiger partial charge in [0.1, 0.15) is 5.15 Å². The summed E-state index contributed by atoms with van der Waals surface area (Å²) in [7, 11) is 0. The van der Waals surface area contributed by atoms with E-state index in [1.165, 1.54) is 0 Å². The van der Waals surface area contributed by atoms with E-state index in [0.717, 1.165) is 18.4 Å². The van der Waals surface area contributed by atoms with E-state index in [0.29, 0.717) is 10.1 Å². The Balaban J connectivity index is 2.47. The van der Waals surface area contributed by atoms with Crippen LogP contribution in [0.4, 0.5) is 0 Å². The van der Waals surface area contributed by atoms with Gasteiger partial charge in [0.15, 0.2) is 0 Å². The highest BCUT2D eigenvalue weighted by Crippen LogP contribution is 2.50. The summed E-state index contributed by atoms with van der Waals surface area (Å²) in [6.45, 7) is 0. The number of rotatable bonds is 2. The van der Waals surface area contributed by atoms with Gasteiger partial charge in [0.05, 0.1) is 4.99 Å².